The average molecular weight is 298 g/mol. The van der Waals surface area contributed by atoms with Crippen LogP contribution in [0.2, 0.25) is 0 Å². The van der Waals surface area contributed by atoms with Gasteiger partial charge in [0.2, 0.25) is 0 Å². The Balaban J connectivity index is 2.18. The van der Waals surface area contributed by atoms with Gasteiger partial charge in [0.25, 0.3) is 0 Å². The first-order valence-electron chi connectivity index (χ1n) is 6.56. The summed E-state index contributed by atoms with van der Waals surface area (Å²) in [4.78, 5) is 46.3. The molecule has 1 N–H and O–H groups in total. The van der Waals surface area contributed by atoms with Gasteiger partial charge in [-0.3, -0.25) is 9.59 Å². The van der Waals surface area contributed by atoms with Crippen LogP contribution in [0.4, 0.5) is 0 Å². The molecule has 0 fully saturated rings. The molecule has 0 amide bonds. The van der Waals surface area contributed by atoms with Crippen molar-refractivity contribution in [3.8, 4) is 0 Å². The Morgan fingerprint density at radius 1 is 0.955 bits per heavy atom. The number of carbonyl (C=O) groups is 4. The quantitative estimate of drug-likeness (QED) is 0.528. The maximum Gasteiger partial charge on any atom is 0.346 e. The van der Waals surface area contributed by atoms with E-state index >= 15 is 0 Å². The molecule has 0 saturated heterocycles. The lowest BCUT2D eigenvalue weighted by Gasteiger charge is -2.16. The van der Waals surface area contributed by atoms with Crippen LogP contribution in [0.5, 0.6) is 0 Å². The van der Waals surface area contributed by atoms with Gasteiger partial charge in [-0.1, -0.05) is 12.1 Å². The first-order chi connectivity index (χ1) is 10.5. The largest absolute Gasteiger partial charge is 0.481 e. The Bertz CT molecular complexity index is 829. The molecule has 0 bridgehead atoms. The molecule has 2 aromatic carbocycles. The third-order valence-corrected chi connectivity index (χ3v) is 3.53. The molecule has 22 heavy (non-hydrogen) atoms. The monoisotopic (exact) mass is 298 g/mol. The lowest BCUT2D eigenvalue weighted by Crippen LogP contribution is -2.20. The van der Waals surface area contributed by atoms with E-state index in [9.17, 15) is 19.2 Å². The first kappa shape index (κ1) is 13.9. The average Bonchev–Trinajstić information content (AvgIpc) is 2.49. The molecular formula is C16H10O6. The third-order valence-electron chi connectivity index (χ3n) is 3.53. The van der Waals surface area contributed by atoms with Crippen LogP contribution in [-0.2, 0) is 9.53 Å². The topological polar surface area (TPSA) is 97.7 Å². The van der Waals surface area contributed by atoms with Crippen molar-refractivity contribution in [3.05, 3.63) is 47.0 Å². The fraction of sp³-hybridized carbons (Fsp3) is 0.125. The van der Waals surface area contributed by atoms with Crippen LogP contribution >= 0.6 is 0 Å². The number of benzene rings is 2. The first-order valence-corrected chi connectivity index (χ1v) is 6.56. The number of carboxylic acids is 1. The number of Topliss-reactive ketones (excluding diaryl/α,β-unsaturated/α-hetero) is 1. The normalized spacial score (nSPS) is 13.1. The highest BCUT2D eigenvalue weighted by Crippen LogP contribution is 2.31. The Labute approximate surface area is 124 Å². The molecule has 1 heterocycles. The maximum atomic E-state index is 12.2. The van der Waals surface area contributed by atoms with Crippen molar-refractivity contribution in [2.24, 2.45) is 0 Å². The molecule has 0 aromatic heterocycles. The minimum Gasteiger partial charge on any atom is -0.481 e. The number of hydrogen-bond donors (Lipinski definition) is 1. The fourth-order valence-electron chi connectivity index (χ4n) is 2.54. The Morgan fingerprint density at radius 3 is 2.32 bits per heavy atom. The number of aliphatic carboxylic acids is 1. The Morgan fingerprint density at radius 2 is 1.64 bits per heavy atom. The second-order valence-electron chi connectivity index (χ2n) is 4.88. The van der Waals surface area contributed by atoms with Crippen molar-refractivity contribution in [2.45, 2.75) is 12.8 Å². The minimum absolute atomic E-state index is 0.146. The number of cyclic esters (lactones) is 2. The summed E-state index contributed by atoms with van der Waals surface area (Å²) in [6.45, 7) is 0. The van der Waals surface area contributed by atoms with Gasteiger partial charge in [0.15, 0.2) is 5.78 Å². The van der Waals surface area contributed by atoms with Crippen LogP contribution in [0, 0.1) is 0 Å². The fourth-order valence-corrected chi connectivity index (χ4v) is 2.54. The van der Waals surface area contributed by atoms with E-state index in [0.29, 0.717) is 16.3 Å². The van der Waals surface area contributed by atoms with E-state index in [4.69, 9.17) is 5.11 Å². The molecule has 0 atom stereocenters. The van der Waals surface area contributed by atoms with E-state index in [1.54, 1.807) is 12.1 Å². The van der Waals surface area contributed by atoms with Crippen LogP contribution < -0.4 is 0 Å². The van der Waals surface area contributed by atoms with Crippen LogP contribution in [0.25, 0.3) is 10.8 Å². The van der Waals surface area contributed by atoms with Gasteiger partial charge in [-0.05, 0) is 23.6 Å². The second kappa shape index (κ2) is 5.07. The highest BCUT2D eigenvalue weighted by molar-refractivity contribution is 6.23. The molecule has 2 aromatic rings. The van der Waals surface area contributed by atoms with Crippen molar-refractivity contribution in [1.82, 2.24) is 0 Å². The molecule has 0 unspecified atom stereocenters. The highest BCUT2D eigenvalue weighted by Gasteiger charge is 2.28. The summed E-state index contributed by atoms with van der Waals surface area (Å²) in [7, 11) is 0. The summed E-state index contributed by atoms with van der Waals surface area (Å²) in [6.07, 6.45) is -0.421. The predicted molar refractivity (Wildman–Crippen MR) is 74.9 cm³/mol. The minimum atomic E-state index is -1.06. The number of carbonyl (C=O) groups excluding carboxylic acids is 3. The van der Waals surface area contributed by atoms with Crippen molar-refractivity contribution < 1.29 is 29.0 Å². The van der Waals surface area contributed by atoms with E-state index in [1.165, 1.54) is 18.2 Å². The van der Waals surface area contributed by atoms with Crippen molar-refractivity contribution in [3.63, 3.8) is 0 Å². The molecule has 0 spiro atoms. The molecule has 6 heteroatoms. The number of esters is 2. The zero-order valence-corrected chi connectivity index (χ0v) is 11.3. The van der Waals surface area contributed by atoms with Gasteiger partial charge in [-0.25, -0.2) is 9.59 Å². The number of ether oxygens (including phenoxy) is 1. The van der Waals surface area contributed by atoms with Gasteiger partial charge in [0.1, 0.15) is 0 Å². The smallest absolute Gasteiger partial charge is 0.346 e. The SMILES string of the molecule is O=C(O)CCC(=O)c1ccc2c3c(cccc13)C(=O)OC2=O. The van der Waals surface area contributed by atoms with Gasteiger partial charge < -0.3 is 9.84 Å². The third kappa shape index (κ3) is 2.14. The summed E-state index contributed by atoms with van der Waals surface area (Å²) < 4.78 is 4.64. The summed E-state index contributed by atoms with van der Waals surface area (Å²) in [5.41, 5.74) is 0.740. The van der Waals surface area contributed by atoms with E-state index in [-0.39, 0.29) is 29.8 Å². The zero-order valence-electron chi connectivity index (χ0n) is 11.3. The van der Waals surface area contributed by atoms with E-state index < -0.39 is 17.9 Å². The van der Waals surface area contributed by atoms with Crippen molar-refractivity contribution in [1.29, 1.82) is 0 Å². The van der Waals surface area contributed by atoms with E-state index in [0.717, 1.165) is 0 Å². The number of hydrogen-bond acceptors (Lipinski definition) is 5. The van der Waals surface area contributed by atoms with Crippen LogP contribution in [0.1, 0.15) is 43.9 Å². The zero-order chi connectivity index (χ0) is 15.9. The molecule has 0 aliphatic carbocycles. The molecule has 0 saturated carbocycles. The molecule has 3 rings (SSSR count). The Hall–Kier alpha value is -3.02. The van der Waals surface area contributed by atoms with Crippen molar-refractivity contribution in [2.75, 3.05) is 0 Å². The van der Waals surface area contributed by atoms with E-state index in [1.807, 2.05) is 0 Å². The van der Waals surface area contributed by atoms with Gasteiger partial charge in [0, 0.05) is 17.4 Å². The lowest BCUT2D eigenvalue weighted by molar-refractivity contribution is -0.136. The predicted octanol–water partition coefficient (Wildman–Crippen LogP) is 2.20. The summed E-state index contributed by atoms with van der Waals surface area (Å²) in [5.74, 6) is -2.91. The van der Waals surface area contributed by atoms with Crippen molar-refractivity contribution >= 4 is 34.5 Å². The van der Waals surface area contributed by atoms with Gasteiger partial charge in [0.05, 0.1) is 17.5 Å². The second-order valence-corrected chi connectivity index (χ2v) is 4.88. The molecular weight excluding hydrogens is 288 g/mol. The molecule has 1 aliphatic heterocycles. The van der Waals surface area contributed by atoms with Gasteiger partial charge in [-0.15, -0.1) is 0 Å². The van der Waals surface area contributed by atoms with Crippen LogP contribution in [0.15, 0.2) is 30.3 Å². The summed E-state index contributed by atoms with van der Waals surface area (Å²) in [5, 5.41) is 9.50. The van der Waals surface area contributed by atoms with E-state index in [2.05, 4.69) is 4.74 Å². The standard InChI is InChI=1S/C16H10O6/c17-12(6-7-13(18)19)8-4-5-11-14-9(8)2-1-3-10(14)15(20)22-16(11)21/h1-5H,6-7H2,(H,18,19). The Kier molecular flexibility index (Phi) is 3.21. The summed E-state index contributed by atoms with van der Waals surface area (Å²) >= 11 is 0. The molecule has 110 valence electrons. The molecule has 6 nitrogen and oxygen atoms in total. The molecule has 1 aliphatic rings. The maximum absolute atomic E-state index is 12.2. The highest BCUT2D eigenvalue weighted by atomic mass is 16.6. The van der Waals surface area contributed by atoms with Crippen LogP contribution in [-0.4, -0.2) is 28.8 Å². The number of carboxylic acid groups (broad SMARTS) is 1. The van der Waals surface area contributed by atoms with Crippen LogP contribution in [0.3, 0.4) is 0 Å². The van der Waals surface area contributed by atoms with Gasteiger partial charge in [-0.2, -0.15) is 0 Å². The molecule has 0 radical (unpaired) electrons. The number of rotatable bonds is 4. The lowest BCUT2D eigenvalue weighted by atomic mass is 9.91. The van der Waals surface area contributed by atoms with Gasteiger partial charge >= 0.3 is 17.9 Å². The number of ketones is 1. The summed E-state index contributed by atoms with van der Waals surface area (Å²) in [6, 6.07) is 7.62.